The van der Waals surface area contributed by atoms with Crippen LogP contribution in [0.4, 0.5) is 0 Å². The molecule has 2 nitrogen and oxygen atoms in total. The summed E-state index contributed by atoms with van der Waals surface area (Å²) in [5.74, 6) is 1.60. The monoisotopic (exact) mass is 450 g/mol. The van der Waals surface area contributed by atoms with Gasteiger partial charge in [0.25, 0.3) is 0 Å². The third-order valence-corrected chi connectivity index (χ3v) is 9.80. The first-order chi connectivity index (χ1) is 16.2. The minimum Gasteiger partial charge on any atom is -0.478 e. The highest BCUT2D eigenvalue weighted by Gasteiger charge is 2.36. The second kappa shape index (κ2) is 11.0. The molecule has 0 saturated heterocycles. The summed E-state index contributed by atoms with van der Waals surface area (Å²) in [6.45, 7) is 0. The highest BCUT2D eigenvalue weighted by atomic mass is 16.4. The molecule has 4 aliphatic rings. The largest absolute Gasteiger partial charge is 0.478 e. The average molecular weight is 451 g/mol. The Balaban J connectivity index is 1.72. The van der Waals surface area contributed by atoms with Crippen LogP contribution in [0.15, 0.2) is 6.07 Å². The van der Waals surface area contributed by atoms with Crippen LogP contribution in [0.1, 0.15) is 185 Å². The Kier molecular flexibility index (Phi) is 7.78. The summed E-state index contributed by atoms with van der Waals surface area (Å²) in [5.41, 5.74) is 6.60. The Morgan fingerprint density at radius 2 is 0.879 bits per heavy atom. The van der Waals surface area contributed by atoms with Gasteiger partial charge in [-0.3, -0.25) is 0 Å². The van der Waals surface area contributed by atoms with Gasteiger partial charge >= 0.3 is 5.97 Å². The summed E-state index contributed by atoms with van der Waals surface area (Å²) in [4.78, 5) is 13.1. The lowest BCUT2D eigenvalue weighted by Crippen LogP contribution is -2.23. The molecule has 1 aromatic carbocycles. The van der Waals surface area contributed by atoms with E-state index in [1.165, 1.54) is 140 Å². The number of aromatic carboxylic acids is 1. The van der Waals surface area contributed by atoms with Crippen LogP contribution in [0, 0.1) is 0 Å². The summed E-state index contributed by atoms with van der Waals surface area (Å²) < 4.78 is 0. The summed E-state index contributed by atoms with van der Waals surface area (Å²) in [7, 11) is 0. The standard InChI is InChI=1S/C31H46O2/c32-31(33)30-27(23-15-7-2-8-16-23)21-26(22-13-5-1-6-14-22)28(24-17-9-3-10-18-24)29(30)25-19-11-4-12-20-25/h21-25H,1-20H2,(H,32,33). The van der Waals surface area contributed by atoms with Gasteiger partial charge in [0.05, 0.1) is 5.56 Å². The first-order valence-corrected chi connectivity index (χ1v) is 14.7. The van der Waals surface area contributed by atoms with Crippen molar-refractivity contribution in [2.24, 2.45) is 0 Å². The molecule has 4 saturated carbocycles. The number of carbonyl (C=O) groups is 1. The minimum atomic E-state index is -0.622. The van der Waals surface area contributed by atoms with Gasteiger partial charge < -0.3 is 5.11 Å². The number of benzene rings is 1. The van der Waals surface area contributed by atoms with Crippen LogP contribution in [-0.4, -0.2) is 11.1 Å². The van der Waals surface area contributed by atoms with Crippen LogP contribution >= 0.6 is 0 Å². The number of carboxylic acid groups (broad SMARTS) is 1. The van der Waals surface area contributed by atoms with Gasteiger partial charge in [0.1, 0.15) is 0 Å². The smallest absolute Gasteiger partial charge is 0.336 e. The average Bonchev–Trinajstić information content (AvgIpc) is 2.89. The van der Waals surface area contributed by atoms with Crippen LogP contribution in [0.5, 0.6) is 0 Å². The molecule has 4 aliphatic carbocycles. The molecule has 0 aromatic heterocycles. The predicted molar refractivity (Wildman–Crippen MR) is 137 cm³/mol. The van der Waals surface area contributed by atoms with Crippen molar-refractivity contribution in [2.75, 3.05) is 0 Å². The highest BCUT2D eigenvalue weighted by Crippen LogP contribution is 2.50. The highest BCUT2D eigenvalue weighted by molar-refractivity contribution is 5.92. The summed E-state index contributed by atoms with van der Waals surface area (Å²) >= 11 is 0. The van der Waals surface area contributed by atoms with Gasteiger partial charge in [0.15, 0.2) is 0 Å². The van der Waals surface area contributed by atoms with Crippen LogP contribution in [0.3, 0.4) is 0 Å². The first kappa shape index (κ1) is 23.4. The zero-order valence-corrected chi connectivity index (χ0v) is 20.9. The van der Waals surface area contributed by atoms with E-state index < -0.39 is 5.97 Å². The SMILES string of the molecule is O=C(O)c1c(C2CCCCC2)cc(C2CCCCC2)c(C2CCCCC2)c1C1CCCCC1. The lowest BCUT2D eigenvalue weighted by atomic mass is 9.67. The Labute approximate surface area is 201 Å². The summed E-state index contributed by atoms with van der Waals surface area (Å²) in [6.07, 6.45) is 25.8. The number of hydrogen-bond acceptors (Lipinski definition) is 1. The summed E-state index contributed by atoms with van der Waals surface area (Å²) in [5, 5.41) is 10.7. The lowest BCUT2D eigenvalue weighted by Gasteiger charge is -2.37. The van der Waals surface area contributed by atoms with E-state index in [1.54, 1.807) is 11.1 Å². The third-order valence-electron chi connectivity index (χ3n) is 9.80. The maximum atomic E-state index is 13.1. The van der Waals surface area contributed by atoms with Crippen LogP contribution < -0.4 is 0 Å². The van der Waals surface area contributed by atoms with Gasteiger partial charge in [-0.15, -0.1) is 0 Å². The van der Waals surface area contributed by atoms with Gasteiger partial charge in [-0.25, -0.2) is 4.79 Å². The first-order valence-electron chi connectivity index (χ1n) is 14.7. The van der Waals surface area contributed by atoms with E-state index in [-0.39, 0.29) is 0 Å². The topological polar surface area (TPSA) is 37.3 Å². The Morgan fingerprint density at radius 1 is 0.515 bits per heavy atom. The molecule has 1 aromatic rings. The molecule has 0 unspecified atom stereocenters. The second-order valence-electron chi connectivity index (χ2n) is 11.9. The molecule has 0 radical (unpaired) electrons. The van der Waals surface area contributed by atoms with Crippen molar-refractivity contribution in [3.63, 3.8) is 0 Å². The van der Waals surface area contributed by atoms with E-state index in [9.17, 15) is 9.90 Å². The quantitative estimate of drug-likeness (QED) is 0.485. The third kappa shape index (κ3) is 5.06. The van der Waals surface area contributed by atoms with E-state index >= 15 is 0 Å². The molecule has 2 heteroatoms. The molecule has 0 heterocycles. The lowest BCUT2D eigenvalue weighted by molar-refractivity contribution is 0.0692. The molecule has 0 spiro atoms. The molecule has 5 rings (SSSR count). The Hall–Kier alpha value is -1.31. The van der Waals surface area contributed by atoms with E-state index in [4.69, 9.17) is 0 Å². The van der Waals surface area contributed by atoms with Gasteiger partial charge in [-0.1, -0.05) is 83.1 Å². The normalized spacial score (nSPS) is 24.7. The zero-order valence-electron chi connectivity index (χ0n) is 20.9. The second-order valence-corrected chi connectivity index (χ2v) is 11.9. The van der Waals surface area contributed by atoms with Gasteiger partial charge in [-0.05, 0) is 97.3 Å². The molecule has 0 bridgehead atoms. The molecule has 0 aliphatic heterocycles. The van der Waals surface area contributed by atoms with E-state index in [0.717, 1.165) is 5.56 Å². The van der Waals surface area contributed by atoms with E-state index in [2.05, 4.69) is 6.07 Å². The van der Waals surface area contributed by atoms with Crippen molar-refractivity contribution in [1.29, 1.82) is 0 Å². The van der Waals surface area contributed by atoms with Crippen molar-refractivity contribution in [2.45, 2.75) is 152 Å². The van der Waals surface area contributed by atoms with E-state index in [0.29, 0.717) is 23.7 Å². The van der Waals surface area contributed by atoms with E-state index in [1.807, 2.05) is 0 Å². The Morgan fingerprint density at radius 3 is 1.30 bits per heavy atom. The van der Waals surface area contributed by atoms with Crippen molar-refractivity contribution < 1.29 is 9.90 Å². The molecule has 33 heavy (non-hydrogen) atoms. The van der Waals surface area contributed by atoms with Gasteiger partial charge in [0, 0.05) is 0 Å². The van der Waals surface area contributed by atoms with Gasteiger partial charge in [0.2, 0.25) is 0 Å². The fourth-order valence-corrected chi connectivity index (χ4v) is 8.15. The van der Waals surface area contributed by atoms with Crippen LogP contribution in [-0.2, 0) is 0 Å². The van der Waals surface area contributed by atoms with Crippen molar-refractivity contribution >= 4 is 5.97 Å². The van der Waals surface area contributed by atoms with Crippen LogP contribution in [0.25, 0.3) is 0 Å². The van der Waals surface area contributed by atoms with Crippen molar-refractivity contribution in [1.82, 2.24) is 0 Å². The molecule has 4 fully saturated rings. The molecule has 1 N–H and O–H groups in total. The molecular weight excluding hydrogens is 404 g/mol. The summed E-state index contributed by atoms with van der Waals surface area (Å²) in [6, 6.07) is 2.51. The number of hydrogen-bond donors (Lipinski definition) is 1. The van der Waals surface area contributed by atoms with Crippen molar-refractivity contribution in [3.05, 3.63) is 33.9 Å². The zero-order chi connectivity index (χ0) is 22.6. The molecule has 182 valence electrons. The van der Waals surface area contributed by atoms with Crippen molar-refractivity contribution in [3.8, 4) is 0 Å². The maximum absolute atomic E-state index is 13.1. The predicted octanol–water partition coefficient (Wildman–Crippen LogP) is 9.58. The minimum absolute atomic E-state index is 0.468. The number of carboxylic acids is 1. The molecule has 0 amide bonds. The maximum Gasteiger partial charge on any atom is 0.336 e. The fraction of sp³-hybridized carbons (Fsp3) is 0.774. The fourth-order valence-electron chi connectivity index (χ4n) is 8.15. The number of rotatable bonds is 5. The molecule has 0 atom stereocenters. The molecular formula is C31H46O2. The van der Waals surface area contributed by atoms with Crippen LogP contribution in [0.2, 0.25) is 0 Å². The van der Waals surface area contributed by atoms with Gasteiger partial charge in [-0.2, -0.15) is 0 Å². The Bertz CT molecular complexity index is 801.